The number of rotatable bonds is 4. The monoisotopic (exact) mass is 352 g/mol. The van der Waals surface area contributed by atoms with Crippen molar-refractivity contribution in [2.75, 3.05) is 13.1 Å². The van der Waals surface area contributed by atoms with E-state index >= 15 is 0 Å². The molecule has 138 valence electrons. The summed E-state index contributed by atoms with van der Waals surface area (Å²) in [5.74, 6) is 1.57. The largest absolute Gasteiger partial charge is 0.341 e. The second kappa shape index (κ2) is 6.19. The molecule has 1 N–H and O–H groups in total. The minimum Gasteiger partial charge on any atom is -0.341 e. The number of carbonyl (C=O) groups is 2. The van der Waals surface area contributed by atoms with Crippen LogP contribution in [0.5, 0.6) is 0 Å². The van der Waals surface area contributed by atoms with Crippen LogP contribution in [0.1, 0.15) is 56.4 Å². The molecule has 1 aromatic carbocycles. The van der Waals surface area contributed by atoms with Gasteiger partial charge in [0.2, 0.25) is 5.91 Å². The van der Waals surface area contributed by atoms with Crippen LogP contribution in [0.4, 0.5) is 0 Å². The third-order valence-electron chi connectivity index (χ3n) is 7.30. The van der Waals surface area contributed by atoms with E-state index in [0.717, 1.165) is 58.0 Å². The molecule has 0 aromatic heterocycles. The number of ketones is 1. The molecule has 6 rings (SSSR count). The zero-order chi connectivity index (χ0) is 17.7. The third kappa shape index (κ3) is 2.61. The minimum absolute atomic E-state index is 0.131. The maximum Gasteiger partial charge on any atom is 0.240 e. The van der Waals surface area contributed by atoms with E-state index in [9.17, 15) is 9.59 Å². The van der Waals surface area contributed by atoms with E-state index in [1.165, 1.54) is 5.56 Å². The second-order valence-corrected chi connectivity index (χ2v) is 8.80. The number of hydrogen-bond acceptors (Lipinski definition) is 3. The lowest BCUT2D eigenvalue weighted by Gasteiger charge is -2.51. The van der Waals surface area contributed by atoms with Gasteiger partial charge in [0.15, 0.2) is 5.78 Å². The Kier molecular flexibility index (Phi) is 3.93. The Morgan fingerprint density at radius 1 is 1.04 bits per heavy atom. The van der Waals surface area contributed by atoms with Crippen molar-refractivity contribution >= 4 is 11.7 Å². The molecule has 2 bridgehead atoms. The van der Waals surface area contributed by atoms with E-state index in [4.69, 9.17) is 0 Å². The fourth-order valence-electron chi connectivity index (χ4n) is 5.65. The zero-order valence-electron chi connectivity index (χ0n) is 15.3. The normalized spacial score (nSPS) is 38.4. The van der Waals surface area contributed by atoms with Crippen molar-refractivity contribution in [1.82, 2.24) is 10.2 Å². The SMILES string of the molecule is O=C(C1NC2(C(=O)C3CC3c3ccccc3)CCC1CC2)N1CCCC1. The van der Waals surface area contributed by atoms with Gasteiger partial charge in [0, 0.05) is 19.0 Å². The zero-order valence-corrected chi connectivity index (χ0v) is 15.3. The van der Waals surface area contributed by atoms with Crippen molar-refractivity contribution in [2.24, 2.45) is 11.8 Å². The van der Waals surface area contributed by atoms with E-state index in [2.05, 4.69) is 29.6 Å². The Balaban J connectivity index is 1.32. The number of hydrogen-bond donors (Lipinski definition) is 1. The summed E-state index contributed by atoms with van der Waals surface area (Å²) in [6.07, 6.45) is 7.08. The number of benzene rings is 1. The smallest absolute Gasteiger partial charge is 0.240 e. The van der Waals surface area contributed by atoms with Gasteiger partial charge < -0.3 is 4.90 Å². The van der Waals surface area contributed by atoms with E-state index < -0.39 is 5.54 Å². The average molecular weight is 352 g/mol. The van der Waals surface area contributed by atoms with Crippen LogP contribution >= 0.6 is 0 Å². The number of nitrogens with zero attached hydrogens (tertiary/aromatic N) is 1. The van der Waals surface area contributed by atoms with Gasteiger partial charge in [0.05, 0.1) is 11.6 Å². The summed E-state index contributed by atoms with van der Waals surface area (Å²) in [4.78, 5) is 28.4. The molecule has 3 unspecified atom stereocenters. The quantitative estimate of drug-likeness (QED) is 0.906. The predicted octanol–water partition coefficient (Wildman–Crippen LogP) is 2.88. The minimum atomic E-state index is -0.441. The first kappa shape index (κ1) is 16.5. The van der Waals surface area contributed by atoms with Gasteiger partial charge in [0.1, 0.15) is 0 Å². The fourth-order valence-corrected chi connectivity index (χ4v) is 5.65. The summed E-state index contributed by atoms with van der Waals surface area (Å²) in [7, 11) is 0. The van der Waals surface area contributed by atoms with Gasteiger partial charge >= 0.3 is 0 Å². The molecule has 0 spiro atoms. The average Bonchev–Trinajstić information content (AvgIpc) is 3.32. The van der Waals surface area contributed by atoms with Crippen molar-refractivity contribution in [1.29, 1.82) is 0 Å². The molecule has 5 aliphatic rings. The first-order valence-corrected chi connectivity index (χ1v) is 10.3. The van der Waals surface area contributed by atoms with Crippen LogP contribution in [0.3, 0.4) is 0 Å². The molecule has 3 heterocycles. The van der Waals surface area contributed by atoms with Gasteiger partial charge in [-0.1, -0.05) is 30.3 Å². The molecule has 3 aliphatic heterocycles. The van der Waals surface area contributed by atoms with Crippen LogP contribution in [-0.4, -0.2) is 41.3 Å². The number of likely N-dealkylation sites (tertiary alicyclic amines) is 1. The topological polar surface area (TPSA) is 49.4 Å². The Labute approximate surface area is 155 Å². The molecule has 2 saturated carbocycles. The number of piperidine rings is 2. The highest BCUT2D eigenvalue weighted by Gasteiger charge is 2.57. The summed E-state index contributed by atoms with van der Waals surface area (Å²) in [5.41, 5.74) is 0.847. The number of amides is 1. The van der Waals surface area contributed by atoms with Gasteiger partial charge in [-0.15, -0.1) is 0 Å². The summed E-state index contributed by atoms with van der Waals surface area (Å²) < 4.78 is 0. The third-order valence-corrected chi connectivity index (χ3v) is 7.30. The Hall–Kier alpha value is -1.68. The Bertz CT molecular complexity index is 702. The van der Waals surface area contributed by atoms with E-state index in [-0.39, 0.29) is 17.9 Å². The molecular formula is C22H28N2O2. The Morgan fingerprint density at radius 2 is 1.73 bits per heavy atom. The molecule has 5 fully saturated rings. The number of fused-ring (bicyclic) bond motifs is 3. The second-order valence-electron chi connectivity index (χ2n) is 8.80. The number of Topliss-reactive ketones (excluding diaryl/α,β-unsaturated/α-hetero) is 1. The molecule has 4 heteroatoms. The summed E-state index contributed by atoms with van der Waals surface area (Å²) in [6, 6.07) is 10.3. The van der Waals surface area contributed by atoms with Crippen LogP contribution in [0, 0.1) is 11.8 Å². The van der Waals surface area contributed by atoms with E-state index in [1.54, 1.807) is 0 Å². The molecular weight excluding hydrogens is 324 g/mol. The lowest BCUT2D eigenvalue weighted by Crippen LogP contribution is -2.68. The molecule has 26 heavy (non-hydrogen) atoms. The maximum atomic E-state index is 13.4. The lowest BCUT2D eigenvalue weighted by molar-refractivity contribution is -0.142. The van der Waals surface area contributed by atoms with Crippen LogP contribution in [0.15, 0.2) is 30.3 Å². The predicted molar refractivity (Wildman–Crippen MR) is 99.7 cm³/mol. The van der Waals surface area contributed by atoms with Gasteiger partial charge in [0.25, 0.3) is 0 Å². The maximum absolute atomic E-state index is 13.4. The highest BCUT2D eigenvalue weighted by molar-refractivity contribution is 5.95. The van der Waals surface area contributed by atoms with Crippen molar-refractivity contribution in [3.8, 4) is 0 Å². The van der Waals surface area contributed by atoms with Crippen LogP contribution < -0.4 is 5.32 Å². The van der Waals surface area contributed by atoms with Crippen molar-refractivity contribution < 1.29 is 9.59 Å². The van der Waals surface area contributed by atoms with Gasteiger partial charge in [-0.3, -0.25) is 14.9 Å². The first-order chi connectivity index (χ1) is 12.7. The number of carbonyl (C=O) groups excluding carboxylic acids is 2. The highest BCUT2D eigenvalue weighted by atomic mass is 16.2. The first-order valence-electron chi connectivity index (χ1n) is 10.3. The van der Waals surface area contributed by atoms with Gasteiger partial charge in [-0.2, -0.15) is 0 Å². The Morgan fingerprint density at radius 3 is 2.42 bits per heavy atom. The summed E-state index contributed by atoms with van der Waals surface area (Å²) >= 11 is 0. The summed E-state index contributed by atoms with van der Waals surface area (Å²) in [6.45, 7) is 1.78. The van der Waals surface area contributed by atoms with E-state index in [1.807, 2.05) is 11.0 Å². The van der Waals surface area contributed by atoms with Crippen molar-refractivity contribution in [3.05, 3.63) is 35.9 Å². The molecule has 4 nitrogen and oxygen atoms in total. The van der Waals surface area contributed by atoms with Crippen molar-refractivity contribution in [3.63, 3.8) is 0 Å². The highest BCUT2D eigenvalue weighted by Crippen LogP contribution is 2.53. The van der Waals surface area contributed by atoms with Crippen LogP contribution in [-0.2, 0) is 9.59 Å². The fraction of sp³-hybridized carbons (Fsp3) is 0.636. The molecule has 1 amide bonds. The molecule has 3 atom stereocenters. The van der Waals surface area contributed by atoms with E-state index in [0.29, 0.717) is 17.6 Å². The molecule has 0 radical (unpaired) electrons. The molecule has 1 aromatic rings. The standard InChI is InChI=1S/C22H28N2O2/c25-20(18-14-17(18)15-6-2-1-3-7-15)22-10-8-16(9-11-22)19(23-22)21(26)24-12-4-5-13-24/h1-3,6-7,16-19,23H,4-5,8-14H2. The summed E-state index contributed by atoms with van der Waals surface area (Å²) in [5, 5.41) is 3.60. The molecule has 3 saturated heterocycles. The van der Waals surface area contributed by atoms with Gasteiger partial charge in [-0.05, 0) is 62.3 Å². The van der Waals surface area contributed by atoms with Gasteiger partial charge in [-0.25, -0.2) is 0 Å². The molecule has 2 aliphatic carbocycles. The number of nitrogens with one attached hydrogen (secondary N) is 1. The van der Waals surface area contributed by atoms with Crippen LogP contribution in [0.25, 0.3) is 0 Å². The van der Waals surface area contributed by atoms with Crippen molar-refractivity contribution in [2.45, 2.75) is 62.4 Å². The van der Waals surface area contributed by atoms with Crippen LogP contribution in [0.2, 0.25) is 0 Å². The lowest BCUT2D eigenvalue weighted by atomic mass is 9.65.